The molecular weight excluding hydrogens is 238 g/mol. The summed E-state index contributed by atoms with van der Waals surface area (Å²) in [5, 5.41) is 9.33. The predicted molar refractivity (Wildman–Crippen MR) is 66.0 cm³/mol. The summed E-state index contributed by atoms with van der Waals surface area (Å²) >= 11 is 5.89. The summed E-state index contributed by atoms with van der Waals surface area (Å²) in [6.07, 6.45) is 1.35. The Morgan fingerprint density at radius 3 is 2.65 bits per heavy atom. The Balaban J connectivity index is 2.51. The molecule has 1 aromatic carbocycles. The van der Waals surface area contributed by atoms with E-state index in [-0.39, 0.29) is 6.42 Å². The van der Waals surface area contributed by atoms with Gasteiger partial charge in [0.05, 0.1) is 17.1 Å². The third kappa shape index (κ3) is 2.82. The molecule has 0 saturated carbocycles. The number of carboxylic acids is 1. The van der Waals surface area contributed by atoms with Gasteiger partial charge in [-0.3, -0.25) is 9.78 Å². The van der Waals surface area contributed by atoms with E-state index < -0.39 is 5.97 Å². The molecule has 1 aromatic heterocycles. The first-order valence-electron chi connectivity index (χ1n) is 5.08. The van der Waals surface area contributed by atoms with Gasteiger partial charge in [-0.05, 0) is 11.6 Å². The van der Waals surface area contributed by atoms with Crippen molar-refractivity contribution in [3.05, 3.63) is 53.3 Å². The van der Waals surface area contributed by atoms with Gasteiger partial charge in [0.1, 0.15) is 0 Å². The van der Waals surface area contributed by atoms with Gasteiger partial charge in [0, 0.05) is 11.8 Å². The average Bonchev–Trinajstić information content (AvgIpc) is 2.32. The minimum atomic E-state index is -0.906. The van der Waals surface area contributed by atoms with Crippen LogP contribution in [0.5, 0.6) is 0 Å². The number of halogens is 1. The van der Waals surface area contributed by atoms with Gasteiger partial charge in [-0.25, -0.2) is 0 Å². The second-order valence-electron chi connectivity index (χ2n) is 3.58. The molecule has 0 atom stereocenters. The van der Waals surface area contributed by atoms with Gasteiger partial charge < -0.3 is 5.11 Å². The maximum absolute atomic E-state index is 10.8. The van der Waals surface area contributed by atoms with Gasteiger partial charge in [0.25, 0.3) is 0 Å². The Hall–Kier alpha value is -1.87. The average molecular weight is 248 g/mol. The molecule has 0 spiro atoms. The molecule has 1 N–H and O–H groups in total. The van der Waals surface area contributed by atoms with E-state index in [1.54, 1.807) is 6.07 Å². The Morgan fingerprint density at radius 1 is 1.29 bits per heavy atom. The fourth-order valence-corrected chi connectivity index (χ4v) is 1.78. The standard InChI is InChI=1S/C13H10ClNO2/c14-10-6-11(9-4-2-1-3-5-9)12(15-8-10)7-13(16)17/h1-6,8H,7H2,(H,16,17). The number of pyridine rings is 1. The molecule has 2 aromatic rings. The molecule has 1 heterocycles. The van der Waals surface area contributed by atoms with E-state index in [0.717, 1.165) is 11.1 Å². The van der Waals surface area contributed by atoms with Crippen LogP contribution in [0.3, 0.4) is 0 Å². The lowest BCUT2D eigenvalue weighted by molar-refractivity contribution is -0.136. The fourth-order valence-electron chi connectivity index (χ4n) is 1.62. The van der Waals surface area contributed by atoms with Gasteiger partial charge in [-0.2, -0.15) is 0 Å². The van der Waals surface area contributed by atoms with E-state index >= 15 is 0 Å². The molecule has 17 heavy (non-hydrogen) atoms. The summed E-state index contributed by atoms with van der Waals surface area (Å²) in [5.41, 5.74) is 2.20. The van der Waals surface area contributed by atoms with Gasteiger partial charge in [-0.15, -0.1) is 0 Å². The summed E-state index contributed by atoms with van der Waals surface area (Å²) in [6, 6.07) is 11.2. The zero-order chi connectivity index (χ0) is 12.3. The maximum atomic E-state index is 10.8. The Bertz CT molecular complexity index is 540. The zero-order valence-electron chi connectivity index (χ0n) is 8.93. The van der Waals surface area contributed by atoms with Crippen molar-refractivity contribution in [2.75, 3.05) is 0 Å². The number of carboxylic acid groups (broad SMARTS) is 1. The summed E-state index contributed by atoms with van der Waals surface area (Å²) in [4.78, 5) is 14.8. The summed E-state index contributed by atoms with van der Waals surface area (Å²) in [7, 11) is 0. The Labute approximate surface area is 104 Å². The largest absolute Gasteiger partial charge is 0.481 e. The molecule has 4 heteroatoms. The molecule has 0 bridgehead atoms. The van der Waals surface area contributed by atoms with E-state index in [0.29, 0.717) is 10.7 Å². The van der Waals surface area contributed by atoms with Crippen molar-refractivity contribution in [1.82, 2.24) is 4.98 Å². The summed E-state index contributed by atoms with van der Waals surface area (Å²) in [6.45, 7) is 0. The molecule has 86 valence electrons. The van der Waals surface area contributed by atoms with Crippen LogP contribution < -0.4 is 0 Å². The van der Waals surface area contributed by atoms with Gasteiger partial charge in [0.2, 0.25) is 0 Å². The highest BCUT2D eigenvalue weighted by molar-refractivity contribution is 6.30. The number of aliphatic carboxylic acids is 1. The number of carbonyl (C=O) groups is 1. The minimum absolute atomic E-state index is 0.110. The van der Waals surface area contributed by atoms with Crippen LogP contribution in [0, 0.1) is 0 Å². The van der Waals surface area contributed by atoms with Crippen LogP contribution in [0.25, 0.3) is 11.1 Å². The number of hydrogen-bond donors (Lipinski definition) is 1. The van der Waals surface area contributed by atoms with Crippen molar-refractivity contribution < 1.29 is 9.90 Å². The van der Waals surface area contributed by atoms with Crippen molar-refractivity contribution in [3.63, 3.8) is 0 Å². The number of aromatic nitrogens is 1. The minimum Gasteiger partial charge on any atom is -0.481 e. The first-order chi connectivity index (χ1) is 8.16. The van der Waals surface area contributed by atoms with E-state index in [1.165, 1.54) is 6.20 Å². The van der Waals surface area contributed by atoms with Crippen LogP contribution >= 0.6 is 11.6 Å². The third-order valence-electron chi connectivity index (χ3n) is 2.34. The van der Waals surface area contributed by atoms with Crippen LogP contribution in [-0.4, -0.2) is 16.1 Å². The molecular formula is C13H10ClNO2. The van der Waals surface area contributed by atoms with E-state index in [1.807, 2.05) is 30.3 Å². The molecule has 2 rings (SSSR count). The molecule has 0 unspecified atom stereocenters. The van der Waals surface area contributed by atoms with E-state index in [2.05, 4.69) is 4.98 Å². The van der Waals surface area contributed by atoms with Crippen molar-refractivity contribution in [3.8, 4) is 11.1 Å². The number of benzene rings is 1. The molecule has 0 aliphatic heterocycles. The monoisotopic (exact) mass is 247 g/mol. The van der Waals surface area contributed by atoms with Gasteiger partial charge >= 0.3 is 5.97 Å². The zero-order valence-corrected chi connectivity index (χ0v) is 9.69. The highest BCUT2D eigenvalue weighted by Gasteiger charge is 2.10. The van der Waals surface area contributed by atoms with Crippen molar-refractivity contribution >= 4 is 17.6 Å². The van der Waals surface area contributed by atoms with Crippen LogP contribution in [-0.2, 0) is 11.2 Å². The third-order valence-corrected chi connectivity index (χ3v) is 2.55. The fraction of sp³-hybridized carbons (Fsp3) is 0.0769. The molecule has 0 saturated heterocycles. The van der Waals surface area contributed by atoms with E-state index in [4.69, 9.17) is 16.7 Å². The second kappa shape index (κ2) is 4.97. The Kier molecular flexibility index (Phi) is 3.40. The van der Waals surface area contributed by atoms with Crippen LogP contribution in [0.1, 0.15) is 5.69 Å². The van der Waals surface area contributed by atoms with Crippen molar-refractivity contribution in [2.45, 2.75) is 6.42 Å². The van der Waals surface area contributed by atoms with Gasteiger partial charge in [-0.1, -0.05) is 41.9 Å². The van der Waals surface area contributed by atoms with Crippen LogP contribution in [0.15, 0.2) is 42.6 Å². The first-order valence-corrected chi connectivity index (χ1v) is 5.46. The number of nitrogens with zero attached hydrogens (tertiary/aromatic N) is 1. The SMILES string of the molecule is O=C(O)Cc1ncc(Cl)cc1-c1ccccc1. The highest BCUT2D eigenvalue weighted by atomic mass is 35.5. The first kappa shape index (κ1) is 11.6. The summed E-state index contributed by atoms with van der Waals surface area (Å²) in [5.74, 6) is -0.906. The molecule has 0 amide bonds. The lowest BCUT2D eigenvalue weighted by Gasteiger charge is -2.07. The second-order valence-corrected chi connectivity index (χ2v) is 4.02. The topological polar surface area (TPSA) is 50.2 Å². The summed E-state index contributed by atoms with van der Waals surface area (Å²) < 4.78 is 0. The molecule has 0 aliphatic carbocycles. The highest BCUT2D eigenvalue weighted by Crippen LogP contribution is 2.25. The molecule has 0 radical (unpaired) electrons. The van der Waals surface area contributed by atoms with Crippen molar-refractivity contribution in [1.29, 1.82) is 0 Å². The lowest BCUT2D eigenvalue weighted by Crippen LogP contribution is -2.04. The van der Waals surface area contributed by atoms with Crippen molar-refractivity contribution in [2.24, 2.45) is 0 Å². The lowest BCUT2D eigenvalue weighted by atomic mass is 10.0. The van der Waals surface area contributed by atoms with Gasteiger partial charge in [0.15, 0.2) is 0 Å². The molecule has 0 fully saturated rings. The normalized spacial score (nSPS) is 10.2. The number of rotatable bonds is 3. The van der Waals surface area contributed by atoms with E-state index in [9.17, 15) is 4.79 Å². The predicted octanol–water partition coefficient (Wildman–Crippen LogP) is 3.03. The molecule has 0 aliphatic rings. The quantitative estimate of drug-likeness (QED) is 0.907. The Morgan fingerprint density at radius 2 is 2.00 bits per heavy atom. The maximum Gasteiger partial charge on any atom is 0.309 e. The van der Waals surface area contributed by atoms with Crippen LogP contribution in [0.4, 0.5) is 0 Å². The number of hydrogen-bond acceptors (Lipinski definition) is 2. The smallest absolute Gasteiger partial charge is 0.309 e. The van der Waals surface area contributed by atoms with Crippen LogP contribution in [0.2, 0.25) is 5.02 Å². The molecule has 3 nitrogen and oxygen atoms in total.